The molecule has 0 rings (SSSR count). The largest absolute Gasteiger partial charge is 0.303 e. The highest BCUT2D eigenvalue weighted by Gasteiger charge is 2.03. The maximum absolute atomic E-state index is 3.27. The van der Waals surface area contributed by atoms with Gasteiger partial charge in [0.1, 0.15) is 0 Å². The van der Waals surface area contributed by atoms with Gasteiger partial charge in [-0.15, -0.1) is 5.92 Å². The van der Waals surface area contributed by atoms with E-state index in [0.717, 1.165) is 19.5 Å². The van der Waals surface area contributed by atoms with Crippen molar-refractivity contribution in [2.45, 2.75) is 47.5 Å². The topological polar surface area (TPSA) is 3.24 Å². The van der Waals surface area contributed by atoms with Gasteiger partial charge in [-0.05, 0) is 40.3 Å². The minimum atomic E-state index is 0.155. The van der Waals surface area contributed by atoms with E-state index in [0.29, 0.717) is 0 Å². The third-order valence-corrected chi connectivity index (χ3v) is 2.00. The molecule has 0 saturated carbocycles. The van der Waals surface area contributed by atoms with Crippen LogP contribution in [-0.4, -0.2) is 24.5 Å². The second-order valence-electron chi connectivity index (χ2n) is 4.74. The van der Waals surface area contributed by atoms with E-state index in [1.165, 1.54) is 13.0 Å². The summed E-state index contributed by atoms with van der Waals surface area (Å²) in [6.45, 7) is 14.4. The van der Waals surface area contributed by atoms with E-state index in [2.05, 4.69) is 51.4 Å². The van der Waals surface area contributed by atoms with Crippen molar-refractivity contribution in [2.75, 3.05) is 19.6 Å². The van der Waals surface area contributed by atoms with Gasteiger partial charge in [-0.2, -0.15) is 0 Å². The van der Waals surface area contributed by atoms with Crippen LogP contribution in [0.25, 0.3) is 0 Å². The molecule has 0 aliphatic carbocycles. The minimum Gasteiger partial charge on any atom is -0.303 e. The van der Waals surface area contributed by atoms with Gasteiger partial charge in [0.15, 0.2) is 0 Å². The van der Waals surface area contributed by atoms with E-state index >= 15 is 0 Å². The van der Waals surface area contributed by atoms with Crippen LogP contribution in [0.15, 0.2) is 0 Å². The first-order chi connectivity index (χ1) is 6.49. The highest BCUT2D eigenvalue weighted by molar-refractivity contribution is 5.07. The molecule has 0 heterocycles. The third-order valence-electron chi connectivity index (χ3n) is 2.00. The molecule has 1 heteroatoms. The lowest BCUT2D eigenvalue weighted by Gasteiger charge is -2.17. The predicted octanol–water partition coefficient (Wildman–Crippen LogP) is 3.16. The molecule has 0 radical (unpaired) electrons. The normalized spacial score (nSPS) is 11.3. The summed E-state index contributed by atoms with van der Waals surface area (Å²) in [5.74, 6) is 6.52. The first-order valence-electron chi connectivity index (χ1n) is 5.72. The Bertz CT molecular complexity index is 190. The van der Waals surface area contributed by atoms with Crippen molar-refractivity contribution in [3.8, 4) is 11.8 Å². The Morgan fingerprint density at radius 3 is 2.14 bits per heavy atom. The highest BCUT2D eigenvalue weighted by atomic mass is 15.1. The molecule has 0 aliphatic heterocycles. The first kappa shape index (κ1) is 13.5. The van der Waals surface area contributed by atoms with Crippen LogP contribution in [0, 0.1) is 17.3 Å². The number of nitrogens with zero attached hydrogens (tertiary/aromatic N) is 1. The van der Waals surface area contributed by atoms with Gasteiger partial charge in [0.05, 0.1) is 0 Å². The molecule has 0 aliphatic rings. The van der Waals surface area contributed by atoms with Crippen LogP contribution in [0.4, 0.5) is 0 Å². The molecule has 0 aromatic carbocycles. The molecular weight excluding hydrogens is 170 g/mol. The maximum Gasteiger partial charge on any atom is 0.0230 e. The Kier molecular flexibility index (Phi) is 6.66. The summed E-state index contributed by atoms with van der Waals surface area (Å²) < 4.78 is 0. The quantitative estimate of drug-likeness (QED) is 0.609. The molecule has 0 N–H and O–H groups in total. The molecule has 82 valence electrons. The lowest BCUT2D eigenvalue weighted by Crippen LogP contribution is -2.25. The fraction of sp³-hybridized carbons (Fsp3) is 0.846. The molecule has 0 aromatic rings. The van der Waals surface area contributed by atoms with Crippen LogP contribution in [0.1, 0.15) is 47.5 Å². The van der Waals surface area contributed by atoms with Gasteiger partial charge in [0.25, 0.3) is 0 Å². The number of hydrogen-bond donors (Lipinski definition) is 0. The summed E-state index contributed by atoms with van der Waals surface area (Å²) >= 11 is 0. The van der Waals surface area contributed by atoms with E-state index < -0.39 is 0 Å². The summed E-state index contributed by atoms with van der Waals surface area (Å²) in [6.07, 6.45) is 2.24. The summed E-state index contributed by atoms with van der Waals surface area (Å²) in [4.78, 5) is 2.46. The summed E-state index contributed by atoms with van der Waals surface area (Å²) in [5.41, 5.74) is 0.155. The lowest BCUT2D eigenvalue weighted by atomic mass is 9.98. The third kappa shape index (κ3) is 8.13. The van der Waals surface area contributed by atoms with Gasteiger partial charge >= 0.3 is 0 Å². The number of hydrogen-bond acceptors (Lipinski definition) is 1. The summed E-state index contributed by atoms with van der Waals surface area (Å²) in [5, 5.41) is 0. The fourth-order valence-electron chi connectivity index (χ4n) is 1.29. The SMILES string of the molecule is CCCN(CC)CCC#CC(C)(C)C. The lowest BCUT2D eigenvalue weighted by molar-refractivity contribution is 0.296. The zero-order valence-corrected chi connectivity index (χ0v) is 10.5. The van der Waals surface area contributed by atoms with Crippen molar-refractivity contribution < 1.29 is 0 Å². The summed E-state index contributed by atoms with van der Waals surface area (Å²) in [6, 6.07) is 0. The van der Waals surface area contributed by atoms with Gasteiger partial charge in [-0.25, -0.2) is 0 Å². The van der Waals surface area contributed by atoms with Crippen LogP contribution in [-0.2, 0) is 0 Å². The molecule has 0 saturated heterocycles. The van der Waals surface area contributed by atoms with Crippen LogP contribution in [0.5, 0.6) is 0 Å². The average molecular weight is 195 g/mol. The van der Waals surface area contributed by atoms with Crippen molar-refractivity contribution in [2.24, 2.45) is 5.41 Å². The second-order valence-corrected chi connectivity index (χ2v) is 4.74. The Morgan fingerprint density at radius 2 is 1.71 bits per heavy atom. The van der Waals surface area contributed by atoms with E-state index in [1.807, 2.05) is 0 Å². The monoisotopic (exact) mass is 195 g/mol. The van der Waals surface area contributed by atoms with Gasteiger partial charge in [-0.3, -0.25) is 0 Å². The molecule has 0 amide bonds. The molecule has 0 unspecified atom stereocenters. The fourth-order valence-corrected chi connectivity index (χ4v) is 1.29. The smallest absolute Gasteiger partial charge is 0.0230 e. The van der Waals surface area contributed by atoms with E-state index in [9.17, 15) is 0 Å². The van der Waals surface area contributed by atoms with Crippen molar-refractivity contribution in [1.82, 2.24) is 4.90 Å². The van der Waals surface area contributed by atoms with E-state index in [1.54, 1.807) is 0 Å². The Balaban J connectivity index is 3.74. The molecule has 0 aromatic heterocycles. The van der Waals surface area contributed by atoms with Crippen molar-refractivity contribution in [1.29, 1.82) is 0 Å². The van der Waals surface area contributed by atoms with Crippen LogP contribution in [0.2, 0.25) is 0 Å². The number of rotatable bonds is 5. The second kappa shape index (κ2) is 6.90. The van der Waals surface area contributed by atoms with Crippen molar-refractivity contribution >= 4 is 0 Å². The molecule has 0 spiro atoms. The Labute approximate surface area is 89.9 Å². The van der Waals surface area contributed by atoms with Crippen molar-refractivity contribution in [3.05, 3.63) is 0 Å². The standard InChI is InChI=1S/C13H25N/c1-6-11-14(7-2)12-9-8-10-13(3,4)5/h6-7,9,11-12H2,1-5H3. The van der Waals surface area contributed by atoms with Gasteiger partial charge in [0.2, 0.25) is 0 Å². The maximum atomic E-state index is 3.27. The molecule has 0 bridgehead atoms. The van der Waals surface area contributed by atoms with Crippen LogP contribution >= 0.6 is 0 Å². The zero-order valence-electron chi connectivity index (χ0n) is 10.5. The summed E-state index contributed by atoms with van der Waals surface area (Å²) in [7, 11) is 0. The highest BCUT2D eigenvalue weighted by Crippen LogP contribution is 2.09. The first-order valence-corrected chi connectivity index (χ1v) is 5.72. The van der Waals surface area contributed by atoms with Gasteiger partial charge < -0.3 is 4.90 Å². The van der Waals surface area contributed by atoms with E-state index in [4.69, 9.17) is 0 Å². The average Bonchev–Trinajstić information content (AvgIpc) is 2.08. The predicted molar refractivity (Wildman–Crippen MR) is 64.3 cm³/mol. The molecule has 0 fully saturated rings. The van der Waals surface area contributed by atoms with Crippen LogP contribution < -0.4 is 0 Å². The van der Waals surface area contributed by atoms with E-state index in [-0.39, 0.29) is 5.41 Å². The van der Waals surface area contributed by atoms with Gasteiger partial charge in [-0.1, -0.05) is 19.8 Å². The molecule has 0 atom stereocenters. The minimum absolute atomic E-state index is 0.155. The van der Waals surface area contributed by atoms with Gasteiger partial charge in [0, 0.05) is 18.4 Å². The molecule has 14 heavy (non-hydrogen) atoms. The van der Waals surface area contributed by atoms with Crippen LogP contribution in [0.3, 0.4) is 0 Å². The Hall–Kier alpha value is -0.480. The Morgan fingerprint density at radius 1 is 1.07 bits per heavy atom. The molecular formula is C13H25N. The zero-order chi connectivity index (χ0) is 11.0. The van der Waals surface area contributed by atoms with Crippen molar-refractivity contribution in [3.63, 3.8) is 0 Å². The molecule has 1 nitrogen and oxygen atoms in total.